The van der Waals surface area contributed by atoms with E-state index in [4.69, 9.17) is 4.74 Å². The molecule has 6 heteroatoms. The first-order chi connectivity index (χ1) is 11.1. The zero-order chi connectivity index (χ0) is 16.4. The predicted octanol–water partition coefficient (Wildman–Crippen LogP) is 1.99. The Morgan fingerprint density at radius 3 is 2.61 bits per heavy atom. The topological polar surface area (TPSA) is 65.3 Å². The van der Waals surface area contributed by atoms with Gasteiger partial charge in [0.05, 0.1) is 18.1 Å². The Kier molecular flexibility index (Phi) is 3.89. The second-order valence-electron chi connectivity index (χ2n) is 5.20. The standard InChI is InChI=1S/C17H17N3O3/c1-19-14-8-3-4-9-15(14)20(17(19)22)11-16(21)18-12-6-5-7-13(10-12)23-2/h3-10H,11H2,1-2H3,(H,18,21). The number of hydrogen-bond donors (Lipinski definition) is 1. The number of methoxy groups -OCH3 is 1. The molecule has 0 bridgehead atoms. The number of anilines is 1. The minimum atomic E-state index is -0.267. The van der Waals surface area contributed by atoms with E-state index in [-0.39, 0.29) is 18.1 Å². The van der Waals surface area contributed by atoms with E-state index in [0.29, 0.717) is 11.4 Å². The van der Waals surface area contributed by atoms with E-state index in [1.807, 2.05) is 24.3 Å². The number of aryl methyl sites for hydroxylation is 1. The SMILES string of the molecule is COc1cccc(NC(=O)Cn2c(=O)n(C)c3ccccc32)c1. The van der Waals surface area contributed by atoms with Gasteiger partial charge in [-0.15, -0.1) is 0 Å². The van der Waals surface area contributed by atoms with Crippen LogP contribution in [0.3, 0.4) is 0 Å². The van der Waals surface area contributed by atoms with Gasteiger partial charge in [0.1, 0.15) is 12.3 Å². The molecule has 0 saturated heterocycles. The Balaban J connectivity index is 1.86. The lowest BCUT2D eigenvalue weighted by Crippen LogP contribution is -2.28. The van der Waals surface area contributed by atoms with Gasteiger partial charge in [-0.3, -0.25) is 13.9 Å². The molecule has 0 aliphatic heterocycles. The molecule has 6 nitrogen and oxygen atoms in total. The minimum absolute atomic E-state index is 0.0442. The third kappa shape index (κ3) is 2.83. The van der Waals surface area contributed by atoms with Crippen LogP contribution in [0.4, 0.5) is 5.69 Å². The van der Waals surface area contributed by atoms with Crippen LogP contribution in [-0.4, -0.2) is 22.2 Å². The maximum absolute atomic E-state index is 12.3. The Labute approximate surface area is 132 Å². The number of rotatable bonds is 4. The molecule has 0 radical (unpaired) electrons. The molecule has 0 unspecified atom stereocenters. The second-order valence-corrected chi connectivity index (χ2v) is 5.20. The molecule has 1 heterocycles. The fourth-order valence-electron chi connectivity index (χ4n) is 2.56. The summed E-state index contributed by atoms with van der Waals surface area (Å²) in [5.41, 5.74) is 1.95. The first-order valence-corrected chi connectivity index (χ1v) is 7.18. The van der Waals surface area contributed by atoms with Gasteiger partial charge >= 0.3 is 5.69 Å². The third-order valence-electron chi connectivity index (χ3n) is 3.71. The van der Waals surface area contributed by atoms with E-state index in [1.54, 1.807) is 38.4 Å². The Morgan fingerprint density at radius 1 is 1.13 bits per heavy atom. The maximum atomic E-state index is 12.3. The summed E-state index contributed by atoms with van der Waals surface area (Å²) in [7, 11) is 3.26. The lowest BCUT2D eigenvalue weighted by molar-refractivity contribution is -0.116. The molecule has 0 spiro atoms. The molecule has 0 saturated carbocycles. The smallest absolute Gasteiger partial charge is 0.329 e. The van der Waals surface area contributed by atoms with Gasteiger partial charge in [-0.05, 0) is 24.3 Å². The molecule has 3 rings (SSSR count). The number of nitrogens with zero attached hydrogens (tertiary/aromatic N) is 2. The molecule has 1 aromatic heterocycles. The van der Waals surface area contributed by atoms with Crippen LogP contribution in [0.25, 0.3) is 11.0 Å². The van der Waals surface area contributed by atoms with Crippen molar-refractivity contribution < 1.29 is 9.53 Å². The van der Waals surface area contributed by atoms with Gasteiger partial charge in [-0.2, -0.15) is 0 Å². The Bertz CT molecular complexity index is 924. The van der Waals surface area contributed by atoms with Crippen molar-refractivity contribution in [2.75, 3.05) is 12.4 Å². The summed E-state index contributed by atoms with van der Waals surface area (Å²) in [4.78, 5) is 24.6. The lowest BCUT2D eigenvalue weighted by Gasteiger charge is -2.07. The monoisotopic (exact) mass is 311 g/mol. The number of ether oxygens (including phenoxy) is 1. The van der Waals surface area contributed by atoms with Crippen LogP contribution >= 0.6 is 0 Å². The van der Waals surface area contributed by atoms with Gasteiger partial charge in [-0.1, -0.05) is 18.2 Å². The molecule has 0 atom stereocenters. The normalized spacial score (nSPS) is 10.7. The first kappa shape index (κ1) is 14.9. The average Bonchev–Trinajstić information content (AvgIpc) is 2.80. The van der Waals surface area contributed by atoms with Crippen molar-refractivity contribution in [1.82, 2.24) is 9.13 Å². The van der Waals surface area contributed by atoms with Crippen molar-refractivity contribution >= 4 is 22.6 Å². The van der Waals surface area contributed by atoms with Crippen LogP contribution in [0, 0.1) is 0 Å². The molecule has 0 aliphatic rings. The van der Waals surface area contributed by atoms with Crippen molar-refractivity contribution in [3.8, 4) is 5.75 Å². The number of hydrogen-bond acceptors (Lipinski definition) is 3. The number of benzene rings is 2. The fraction of sp³-hybridized carbons (Fsp3) is 0.176. The Morgan fingerprint density at radius 2 is 1.87 bits per heavy atom. The van der Waals surface area contributed by atoms with Crippen LogP contribution < -0.4 is 15.7 Å². The summed E-state index contributed by atoms with van der Waals surface area (Å²) < 4.78 is 8.12. The van der Waals surface area contributed by atoms with E-state index in [9.17, 15) is 9.59 Å². The zero-order valence-electron chi connectivity index (χ0n) is 12.9. The maximum Gasteiger partial charge on any atom is 0.329 e. The molecule has 2 aromatic carbocycles. The molecule has 3 aromatic rings. The van der Waals surface area contributed by atoms with Crippen molar-refractivity contribution in [3.63, 3.8) is 0 Å². The number of carbonyl (C=O) groups excluding carboxylic acids is 1. The molecule has 23 heavy (non-hydrogen) atoms. The van der Waals surface area contributed by atoms with Crippen molar-refractivity contribution in [2.24, 2.45) is 7.05 Å². The lowest BCUT2D eigenvalue weighted by atomic mass is 10.3. The van der Waals surface area contributed by atoms with Crippen LogP contribution in [0.2, 0.25) is 0 Å². The van der Waals surface area contributed by atoms with Gasteiger partial charge in [-0.25, -0.2) is 4.79 Å². The van der Waals surface area contributed by atoms with Gasteiger partial charge < -0.3 is 10.1 Å². The highest BCUT2D eigenvalue weighted by Gasteiger charge is 2.13. The van der Waals surface area contributed by atoms with E-state index in [0.717, 1.165) is 11.0 Å². The molecule has 1 N–H and O–H groups in total. The van der Waals surface area contributed by atoms with Crippen LogP contribution in [0.5, 0.6) is 5.75 Å². The van der Waals surface area contributed by atoms with Crippen LogP contribution in [0.1, 0.15) is 0 Å². The predicted molar refractivity (Wildman–Crippen MR) is 88.8 cm³/mol. The summed E-state index contributed by atoms with van der Waals surface area (Å²) in [5.74, 6) is 0.391. The number of nitrogens with one attached hydrogen (secondary N) is 1. The minimum Gasteiger partial charge on any atom is -0.497 e. The van der Waals surface area contributed by atoms with Crippen molar-refractivity contribution in [2.45, 2.75) is 6.54 Å². The van der Waals surface area contributed by atoms with Gasteiger partial charge in [0.25, 0.3) is 0 Å². The highest BCUT2D eigenvalue weighted by molar-refractivity contribution is 5.91. The fourth-order valence-corrected chi connectivity index (χ4v) is 2.56. The van der Waals surface area contributed by atoms with E-state index in [1.165, 1.54) is 9.13 Å². The van der Waals surface area contributed by atoms with E-state index in [2.05, 4.69) is 5.32 Å². The third-order valence-corrected chi connectivity index (χ3v) is 3.71. The number of aromatic nitrogens is 2. The van der Waals surface area contributed by atoms with E-state index >= 15 is 0 Å². The summed E-state index contributed by atoms with van der Waals surface area (Å²) in [6, 6.07) is 14.5. The van der Waals surface area contributed by atoms with Crippen LogP contribution in [-0.2, 0) is 18.4 Å². The second kappa shape index (κ2) is 6.00. The molecule has 118 valence electrons. The highest BCUT2D eigenvalue weighted by atomic mass is 16.5. The van der Waals surface area contributed by atoms with Gasteiger partial charge in [0, 0.05) is 18.8 Å². The molecule has 1 amide bonds. The van der Waals surface area contributed by atoms with Crippen LogP contribution in [0.15, 0.2) is 53.3 Å². The molecule has 0 fully saturated rings. The molecular weight excluding hydrogens is 294 g/mol. The number of amides is 1. The number of imidazole rings is 1. The number of carbonyl (C=O) groups is 1. The summed E-state index contributed by atoms with van der Waals surface area (Å²) in [5, 5.41) is 2.78. The summed E-state index contributed by atoms with van der Waals surface area (Å²) >= 11 is 0. The molecular formula is C17H17N3O3. The quantitative estimate of drug-likeness (QED) is 0.801. The summed E-state index contributed by atoms with van der Waals surface area (Å²) in [6.45, 7) is -0.0442. The van der Waals surface area contributed by atoms with Crippen molar-refractivity contribution in [1.29, 1.82) is 0 Å². The molecule has 0 aliphatic carbocycles. The van der Waals surface area contributed by atoms with E-state index < -0.39 is 0 Å². The summed E-state index contributed by atoms with van der Waals surface area (Å²) in [6.07, 6.45) is 0. The van der Waals surface area contributed by atoms with Gasteiger partial charge in [0.2, 0.25) is 5.91 Å². The average molecular weight is 311 g/mol. The number of para-hydroxylation sites is 2. The first-order valence-electron chi connectivity index (χ1n) is 7.18. The Hall–Kier alpha value is -3.02. The largest absolute Gasteiger partial charge is 0.497 e. The number of fused-ring (bicyclic) bond motifs is 1. The highest BCUT2D eigenvalue weighted by Crippen LogP contribution is 2.17. The van der Waals surface area contributed by atoms with Crippen molar-refractivity contribution in [3.05, 3.63) is 59.0 Å². The van der Waals surface area contributed by atoms with Gasteiger partial charge in [0.15, 0.2) is 0 Å². The zero-order valence-corrected chi connectivity index (χ0v) is 12.9.